The van der Waals surface area contributed by atoms with Gasteiger partial charge in [-0.15, -0.1) is 0 Å². The summed E-state index contributed by atoms with van der Waals surface area (Å²) in [5, 5.41) is 3.40. The molecule has 0 aromatic rings. The van der Waals surface area contributed by atoms with Crippen LogP contribution in [-0.4, -0.2) is 62.2 Å². The van der Waals surface area contributed by atoms with Crippen molar-refractivity contribution in [3.63, 3.8) is 0 Å². The van der Waals surface area contributed by atoms with Crippen molar-refractivity contribution in [1.82, 2.24) is 15.1 Å². The molecule has 3 heteroatoms. The van der Waals surface area contributed by atoms with Crippen LogP contribution < -0.4 is 5.32 Å². The van der Waals surface area contributed by atoms with Gasteiger partial charge in [-0.2, -0.15) is 0 Å². The normalized spacial score (nSPS) is 20.0. The third-order valence-corrected chi connectivity index (χ3v) is 5.22. The van der Waals surface area contributed by atoms with Crippen LogP contribution in [0, 0.1) is 28.1 Å². The number of hydrogen-bond donors (Lipinski definition) is 1. The molecule has 31 heavy (non-hydrogen) atoms. The predicted molar refractivity (Wildman–Crippen MR) is 142 cm³/mol. The van der Waals surface area contributed by atoms with Crippen LogP contribution in [0.3, 0.4) is 0 Å². The summed E-state index contributed by atoms with van der Waals surface area (Å²) in [6.07, 6.45) is 4.17. The van der Waals surface area contributed by atoms with Crippen molar-refractivity contribution < 1.29 is 0 Å². The molecule has 1 N–H and O–H groups in total. The number of piperazine rings is 1. The molecule has 2 saturated heterocycles. The van der Waals surface area contributed by atoms with Crippen LogP contribution in [0.1, 0.15) is 102 Å². The molecule has 2 fully saturated rings. The number of hydrogen-bond acceptors (Lipinski definition) is 3. The second-order valence-corrected chi connectivity index (χ2v) is 14.4. The average Bonchev–Trinajstić information content (AvgIpc) is 2.53. The lowest BCUT2D eigenvalue weighted by atomic mass is 9.81. The SMILES string of the molecule is CC(C)(C)CC1CCNCC1.CC(C)(C)CN1CCN(CC(C)(C)C)CC1.CC(C)C. The summed E-state index contributed by atoms with van der Waals surface area (Å²) in [7, 11) is 0. The Kier molecular flexibility index (Phi) is 14.2. The summed E-state index contributed by atoms with van der Waals surface area (Å²) in [6.45, 7) is 37.4. The first kappa shape index (κ1) is 30.9. The van der Waals surface area contributed by atoms with E-state index in [4.69, 9.17) is 0 Å². The summed E-state index contributed by atoms with van der Waals surface area (Å²) in [5.41, 5.74) is 1.40. The molecule has 2 aliphatic rings. The van der Waals surface area contributed by atoms with E-state index in [1.165, 1.54) is 71.6 Å². The third kappa shape index (κ3) is 21.5. The summed E-state index contributed by atoms with van der Waals surface area (Å²) in [4.78, 5) is 5.22. The van der Waals surface area contributed by atoms with Gasteiger partial charge in [0.15, 0.2) is 0 Å². The lowest BCUT2D eigenvalue weighted by molar-refractivity contribution is 0.0814. The molecule has 0 aromatic heterocycles. The quantitative estimate of drug-likeness (QED) is 0.523. The molecule has 2 rings (SSSR count). The van der Waals surface area contributed by atoms with Crippen molar-refractivity contribution in [2.45, 2.75) is 102 Å². The van der Waals surface area contributed by atoms with Gasteiger partial charge in [0.1, 0.15) is 0 Å². The molecule has 2 aliphatic heterocycles. The molecular weight excluding hydrogens is 378 g/mol. The highest BCUT2D eigenvalue weighted by atomic mass is 15.3. The Morgan fingerprint density at radius 1 is 0.645 bits per heavy atom. The van der Waals surface area contributed by atoms with Crippen LogP contribution in [0.2, 0.25) is 0 Å². The highest BCUT2D eigenvalue weighted by molar-refractivity contribution is 4.79. The van der Waals surface area contributed by atoms with Crippen molar-refractivity contribution in [3.05, 3.63) is 0 Å². The van der Waals surface area contributed by atoms with E-state index in [9.17, 15) is 0 Å². The molecule has 0 aromatic carbocycles. The second-order valence-electron chi connectivity index (χ2n) is 14.4. The van der Waals surface area contributed by atoms with Crippen LogP contribution >= 0.6 is 0 Å². The van der Waals surface area contributed by atoms with E-state index < -0.39 is 0 Å². The fraction of sp³-hybridized carbons (Fsp3) is 1.00. The maximum absolute atomic E-state index is 3.40. The van der Waals surface area contributed by atoms with Gasteiger partial charge in [-0.3, -0.25) is 0 Å². The lowest BCUT2D eigenvalue weighted by Gasteiger charge is -2.40. The van der Waals surface area contributed by atoms with E-state index in [1.54, 1.807) is 0 Å². The molecule has 188 valence electrons. The largest absolute Gasteiger partial charge is 0.317 e. The molecule has 0 spiro atoms. The van der Waals surface area contributed by atoms with E-state index in [1.807, 2.05) is 0 Å². The van der Waals surface area contributed by atoms with Gasteiger partial charge in [0.2, 0.25) is 0 Å². The lowest BCUT2D eigenvalue weighted by Crippen LogP contribution is -2.50. The number of piperidine rings is 1. The van der Waals surface area contributed by atoms with Crippen LogP contribution in [0.4, 0.5) is 0 Å². The van der Waals surface area contributed by atoms with E-state index in [0.717, 1.165) is 11.8 Å². The van der Waals surface area contributed by atoms with E-state index in [-0.39, 0.29) is 0 Å². The Morgan fingerprint density at radius 3 is 1.23 bits per heavy atom. The highest BCUT2D eigenvalue weighted by Gasteiger charge is 2.24. The topological polar surface area (TPSA) is 18.5 Å². The zero-order valence-corrected chi connectivity index (χ0v) is 23.8. The zero-order valence-electron chi connectivity index (χ0n) is 23.8. The van der Waals surface area contributed by atoms with Crippen molar-refractivity contribution in [2.24, 2.45) is 28.1 Å². The monoisotopic (exact) mass is 439 g/mol. The fourth-order valence-electron chi connectivity index (χ4n) is 4.40. The van der Waals surface area contributed by atoms with Crippen molar-refractivity contribution in [3.8, 4) is 0 Å². The Morgan fingerprint density at radius 2 is 0.968 bits per heavy atom. The zero-order chi connectivity index (χ0) is 24.3. The van der Waals surface area contributed by atoms with Gasteiger partial charge in [-0.1, -0.05) is 83.1 Å². The molecule has 2 heterocycles. The first-order valence-electron chi connectivity index (χ1n) is 13.1. The maximum atomic E-state index is 3.40. The van der Waals surface area contributed by atoms with Gasteiger partial charge in [-0.05, 0) is 60.4 Å². The summed E-state index contributed by atoms with van der Waals surface area (Å²) in [5.74, 6) is 1.82. The van der Waals surface area contributed by atoms with E-state index >= 15 is 0 Å². The first-order valence-corrected chi connectivity index (χ1v) is 13.1. The number of nitrogens with one attached hydrogen (secondary N) is 1. The molecule has 0 saturated carbocycles. The fourth-order valence-corrected chi connectivity index (χ4v) is 4.40. The summed E-state index contributed by atoms with van der Waals surface area (Å²) < 4.78 is 0. The molecule has 0 atom stereocenters. The minimum atomic E-state index is 0.437. The standard InChI is InChI=1S/C14H30N2.C10H21N.C4H10/c1-13(2,3)11-15-7-9-16(10-8-15)12-14(4,5)6;1-10(2,3)8-9-4-6-11-7-5-9;1-4(2)3/h7-12H2,1-6H3;9,11H,4-8H2,1-3H3;4H,1-3H3. The van der Waals surface area contributed by atoms with E-state index in [2.05, 4.69) is 98.2 Å². The molecule has 0 radical (unpaired) electrons. The summed E-state index contributed by atoms with van der Waals surface area (Å²) >= 11 is 0. The van der Waals surface area contributed by atoms with Gasteiger partial charge in [0.25, 0.3) is 0 Å². The van der Waals surface area contributed by atoms with Gasteiger partial charge in [-0.25, -0.2) is 0 Å². The van der Waals surface area contributed by atoms with Gasteiger partial charge in [0.05, 0.1) is 0 Å². The molecular formula is C28H61N3. The van der Waals surface area contributed by atoms with Crippen LogP contribution in [-0.2, 0) is 0 Å². The molecule has 0 aliphatic carbocycles. The van der Waals surface area contributed by atoms with Gasteiger partial charge < -0.3 is 15.1 Å². The molecule has 0 amide bonds. The van der Waals surface area contributed by atoms with Gasteiger partial charge >= 0.3 is 0 Å². The van der Waals surface area contributed by atoms with Crippen LogP contribution in [0.15, 0.2) is 0 Å². The Bertz CT molecular complexity index is 396. The summed E-state index contributed by atoms with van der Waals surface area (Å²) in [6, 6.07) is 0. The van der Waals surface area contributed by atoms with Crippen LogP contribution in [0.25, 0.3) is 0 Å². The minimum Gasteiger partial charge on any atom is -0.317 e. The smallest absolute Gasteiger partial charge is 0.0110 e. The van der Waals surface area contributed by atoms with Crippen molar-refractivity contribution in [1.29, 1.82) is 0 Å². The third-order valence-electron chi connectivity index (χ3n) is 5.22. The van der Waals surface area contributed by atoms with Crippen molar-refractivity contribution >= 4 is 0 Å². The van der Waals surface area contributed by atoms with Crippen LogP contribution in [0.5, 0.6) is 0 Å². The Balaban J connectivity index is 0.000000518. The highest BCUT2D eigenvalue weighted by Crippen LogP contribution is 2.29. The molecule has 0 bridgehead atoms. The van der Waals surface area contributed by atoms with Crippen molar-refractivity contribution in [2.75, 3.05) is 52.4 Å². The van der Waals surface area contributed by atoms with Gasteiger partial charge in [0, 0.05) is 39.3 Å². The Hall–Kier alpha value is -0.120. The average molecular weight is 440 g/mol. The first-order chi connectivity index (χ1) is 14.0. The molecule has 0 unspecified atom stereocenters. The van der Waals surface area contributed by atoms with E-state index in [0.29, 0.717) is 16.2 Å². The Labute approximate surface area is 198 Å². The predicted octanol–water partition coefficient (Wildman–Crippen LogP) is 6.78. The number of nitrogens with zero attached hydrogens (tertiary/aromatic N) is 2. The second kappa shape index (κ2) is 14.2. The molecule has 3 nitrogen and oxygen atoms in total. The number of rotatable bonds is 3. The maximum Gasteiger partial charge on any atom is 0.0110 e. The minimum absolute atomic E-state index is 0.437.